The van der Waals surface area contributed by atoms with Crippen molar-refractivity contribution in [2.45, 2.75) is 77.9 Å². The molecule has 2 fully saturated rings. The number of aliphatic hydroxyl groups excluding tert-OH is 2. The van der Waals surface area contributed by atoms with E-state index in [1.807, 2.05) is 66.8 Å². The second-order valence-electron chi connectivity index (χ2n) is 12.6. The molecule has 3 aromatic rings. The Morgan fingerprint density at radius 1 is 1.21 bits per heavy atom. The fourth-order valence-corrected chi connectivity index (χ4v) is 5.83. The molecule has 2 aromatic heterocycles. The Morgan fingerprint density at radius 2 is 1.93 bits per heavy atom. The molecule has 1 aliphatic heterocycles. The molecule has 1 aromatic carbocycles. The van der Waals surface area contributed by atoms with E-state index < -0.39 is 24.0 Å². The molecule has 10 nitrogen and oxygen atoms in total. The van der Waals surface area contributed by atoms with E-state index in [2.05, 4.69) is 27.3 Å². The van der Waals surface area contributed by atoms with Crippen molar-refractivity contribution >= 4 is 6.09 Å². The summed E-state index contributed by atoms with van der Waals surface area (Å²) >= 11 is 0. The molecular formula is C32H41N5O5. The van der Waals surface area contributed by atoms with Gasteiger partial charge >= 0.3 is 6.09 Å². The molecule has 1 spiro atoms. The molecule has 10 heteroatoms. The standard InChI is InChI=1S/C32H41N5O5/c1-22(38)29-33-13-16-37(29)21-26-17-27(42-35-26)25-9-7-23(8-10-25)5-6-24-18-32(19-24)11-14-36(15-12-32)28(39)20-34-30(40)41-31(2,3)4/h7-10,13,16-17,22,24,28,38-39H,11-12,14-15,18-21H2,1-4H3,(H,34,40)/t22-,28-/m0/s1. The number of benzene rings is 1. The summed E-state index contributed by atoms with van der Waals surface area (Å²) in [6.07, 6.45) is 5.85. The number of aliphatic hydroxyl groups is 2. The number of aromatic nitrogens is 3. The van der Waals surface area contributed by atoms with Crippen molar-refractivity contribution in [3.63, 3.8) is 0 Å². The van der Waals surface area contributed by atoms with Gasteiger partial charge in [-0.05, 0) is 83.1 Å². The number of alkyl carbamates (subject to hydrolysis) is 1. The van der Waals surface area contributed by atoms with Gasteiger partial charge in [0, 0.05) is 48.6 Å². The van der Waals surface area contributed by atoms with Crippen LogP contribution in [-0.4, -0.2) is 67.4 Å². The summed E-state index contributed by atoms with van der Waals surface area (Å²) in [5, 5.41) is 27.2. The summed E-state index contributed by atoms with van der Waals surface area (Å²) < 4.78 is 12.7. The van der Waals surface area contributed by atoms with Gasteiger partial charge in [0.05, 0.1) is 13.1 Å². The molecule has 224 valence electrons. The molecule has 1 saturated heterocycles. The van der Waals surface area contributed by atoms with E-state index in [0.29, 0.717) is 29.5 Å². The highest BCUT2D eigenvalue weighted by molar-refractivity contribution is 5.67. The van der Waals surface area contributed by atoms with Gasteiger partial charge in [-0.2, -0.15) is 0 Å². The largest absolute Gasteiger partial charge is 0.444 e. The van der Waals surface area contributed by atoms with Gasteiger partial charge in [0.1, 0.15) is 29.5 Å². The maximum Gasteiger partial charge on any atom is 0.407 e. The normalized spacial score (nSPS) is 18.5. The summed E-state index contributed by atoms with van der Waals surface area (Å²) in [4.78, 5) is 18.1. The first-order valence-corrected chi connectivity index (χ1v) is 14.6. The second-order valence-corrected chi connectivity index (χ2v) is 12.6. The SMILES string of the molecule is C[C@H](O)c1nccn1Cc1cc(-c2ccc(C#CC3CC4(CCN([C@@H](O)CNC(=O)OC(C)(C)C)CC4)C3)cc2)on1. The molecule has 1 saturated carbocycles. The van der Waals surface area contributed by atoms with E-state index >= 15 is 0 Å². The van der Waals surface area contributed by atoms with Crippen molar-refractivity contribution in [2.24, 2.45) is 11.3 Å². The van der Waals surface area contributed by atoms with Crippen LogP contribution in [0.1, 0.15) is 76.6 Å². The van der Waals surface area contributed by atoms with Crippen LogP contribution in [0.15, 0.2) is 47.2 Å². The minimum Gasteiger partial charge on any atom is -0.444 e. The summed E-state index contributed by atoms with van der Waals surface area (Å²) in [6, 6.07) is 9.90. The quantitative estimate of drug-likeness (QED) is 0.356. The van der Waals surface area contributed by atoms with Crippen LogP contribution in [0.2, 0.25) is 0 Å². The molecule has 3 heterocycles. The van der Waals surface area contributed by atoms with E-state index in [-0.39, 0.29) is 6.54 Å². The van der Waals surface area contributed by atoms with E-state index in [1.54, 1.807) is 13.1 Å². The maximum absolute atomic E-state index is 11.9. The van der Waals surface area contributed by atoms with Crippen molar-refractivity contribution in [1.29, 1.82) is 0 Å². The molecule has 2 atom stereocenters. The predicted molar refractivity (Wildman–Crippen MR) is 157 cm³/mol. The van der Waals surface area contributed by atoms with Gasteiger partial charge in [0.15, 0.2) is 5.76 Å². The number of nitrogens with one attached hydrogen (secondary N) is 1. The van der Waals surface area contributed by atoms with Crippen molar-refractivity contribution in [3.8, 4) is 23.2 Å². The van der Waals surface area contributed by atoms with Crippen LogP contribution in [0.3, 0.4) is 0 Å². The fraction of sp³-hybridized carbons (Fsp3) is 0.531. The number of amides is 1. The average Bonchev–Trinajstić information content (AvgIpc) is 3.59. The first-order chi connectivity index (χ1) is 20.0. The Bertz CT molecular complexity index is 1410. The Hall–Kier alpha value is -3.65. The Balaban J connectivity index is 1.06. The number of carbonyl (C=O) groups excluding carboxylic acids is 1. The highest BCUT2D eigenvalue weighted by atomic mass is 16.6. The molecule has 5 rings (SSSR count). The molecule has 3 N–H and O–H groups in total. The first-order valence-electron chi connectivity index (χ1n) is 14.6. The van der Waals surface area contributed by atoms with Gasteiger partial charge in [-0.25, -0.2) is 9.78 Å². The van der Waals surface area contributed by atoms with Crippen LogP contribution >= 0.6 is 0 Å². The van der Waals surface area contributed by atoms with Gasteiger partial charge < -0.3 is 29.4 Å². The van der Waals surface area contributed by atoms with E-state index in [1.165, 1.54) is 0 Å². The van der Waals surface area contributed by atoms with Crippen molar-refractivity contribution in [1.82, 2.24) is 24.9 Å². The van der Waals surface area contributed by atoms with Crippen molar-refractivity contribution in [3.05, 3.63) is 59.8 Å². The summed E-state index contributed by atoms with van der Waals surface area (Å²) in [5.41, 5.74) is 2.41. The molecule has 0 radical (unpaired) electrons. The average molecular weight is 576 g/mol. The molecular weight excluding hydrogens is 534 g/mol. The second kappa shape index (κ2) is 12.3. The number of imidazole rings is 1. The lowest BCUT2D eigenvalue weighted by Gasteiger charge is -2.51. The summed E-state index contributed by atoms with van der Waals surface area (Å²) in [5.74, 6) is 8.46. The molecule has 1 aliphatic carbocycles. The molecule has 42 heavy (non-hydrogen) atoms. The zero-order valence-electron chi connectivity index (χ0n) is 24.8. The number of hydrogen-bond acceptors (Lipinski definition) is 8. The molecule has 2 aliphatic rings. The lowest BCUT2D eigenvalue weighted by Crippen LogP contribution is -2.52. The van der Waals surface area contributed by atoms with Gasteiger partial charge in [-0.15, -0.1) is 0 Å². The molecule has 0 bridgehead atoms. The topological polar surface area (TPSA) is 126 Å². The van der Waals surface area contributed by atoms with Crippen LogP contribution in [0.25, 0.3) is 11.3 Å². The van der Waals surface area contributed by atoms with Crippen LogP contribution < -0.4 is 5.32 Å². The minimum atomic E-state index is -0.711. The van der Waals surface area contributed by atoms with Gasteiger partial charge in [0.2, 0.25) is 0 Å². The first kappa shape index (κ1) is 29.8. The van der Waals surface area contributed by atoms with Crippen LogP contribution in [0.5, 0.6) is 0 Å². The highest BCUT2D eigenvalue weighted by Gasteiger charge is 2.45. The fourth-order valence-electron chi connectivity index (χ4n) is 5.83. The number of rotatable bonds is 7. The zero-order valence-corrected chi connectivity index (χ0v) is 24.8. The smallest absolute Gasteiger partial charge is 0.407 e. The highest BCUT2D eigenvalue weighted by Crippen LogP contribution is 2.52. The van der Waals surface area contributed by atoms with Gasteiger partial charge in [-0.1, -0.05) is 17.0 Å². The monoisotopic (exact) mass is 575 g/mol. The molecule has 0 unspecified atom stereocenters. The van der Waals surface area contributed by atoms with Crippen LogP contribution in [0, 0.1) is 23.2 Å². The van der Waals surface area contributed by atoms with E-state index in [9.17, 15) is 15.0 Å². The van der Waals surface area contributed by atoms with Crippen molar-refractivity contribution in [2.75, 3.05) is 19.6 Å². The van der Waals surface area contributed by atoms with Crippen LogP contribution in [-0.2, 0) is 11.3 Å². The van der Waals surface area contributed by atoms with E-state index in [4.69, 9.17) is 9.26 Å². The number of ether oxygens (including phenoxy) is 1. The third kappa shape index (κ3) is 7.40. The third-order valence-corrected chi connectivity index (χ3v) is 8.07. The number of piperidine rings is 1. The van der Waals surface area contributed by atoms with E-state index in [0.717, 1.165) is 55.6 Å². The summed E-state index contributed by atoms with van der Waals surface area (Å²) in [7, 11) is 0. The van der Waals surface area contributed by atoms with Crippen LogP contribution in [0.4, 0.5) is 4.79 Å². The number of nitrogens with zero attached hydrogens (tertiary/aromatic N) is 4. The lowest BCUT2D eigenvalue weighted by atomic mass is 9.58. The third-order valence-electron chi connectivity index (χ3n) is 8.07. The number of carbonyl (C=O) groups is 1. The Kier molecular flexibility index (Phi) is 8.73. The Morgan fingerprint density at radius 3 is 2.60 bits per heavy atom. The van der Waals surface area contributed by atoms with Gasteiger partial charge in [0.25, 0.3) is 0 Å². The number of hydrogen-bond donors (Lipinski definition) is 3. The predicted octanol–water partition coefficient (Wildman–Crippen LogP) is 4.33. The number of likely N-dealkylation sites (tertiary alicyclic amines) is 1. The lowest BCUT2D eigenvalue weighted by molar-refractivity contribution is -0.0621. The zero-order chi connectivity index (χ0) is 29.9. The van der Waals surface area contributed by atoms with Gasteiger partial charge in [-0.3, -0.25) is 4.90 Å². The Labute approximate surface area is 247 Å². The summed E-state index contributed by atoms with van der Waals surface area (Å²) in [6.45, 7) is 9.38. The molecule has 1 amide bonds. The van der Waals surface area contributed by atoms with Crippen molar-refractivity contribution < 1.29 is 24.3 Å². The minimum absolute atomic E-state index is 0.155. The maximum atomic E-state index is 11.9.